The predicted octanol–water partition coefficient (Wildman–Crippen LogP) is 3.21. The minimum absolute atomic E-state index is 0.128. The van der Waals surface area contributed by atoms with Crippen LogP contribution in [0.5, 0.6) is 5.75 Å². The highest BCUT2D eigenvalue weighted by Crippen LogP contribution is 2.24. The SMILES string of the molecule is Cc1ccccc1COc1c(F)cccc1CO. The number of hydrogen-bond donors (Lipinski definition) is 1. The van der Waals surface area contributed by atoms with Crippen molar-refractivity contribution in [1.29, 1.82) is 0 Å². The summed E-state index contributed by atoms with van der Waals surface area (Å²) in [7, 11) is 0. The third-order valence-electron chi connectivity index (χ3n) is 2.85. The fourth-order valence-electron chi connectivity index (χ4n) is 1.76. The summed E-state index contributed by atoms with van der Waals surface area (Å²) in [5.74, 6) is -0.321. The van der Waals surface area contributed by atoms with Crippen molar-refractivity contribution in [3.05, 3.63) is 65.0 Å². The van der Waals surface area contributed by atoms with E-state index in [0.29, 0.717) is 12.2 Å². The highest BCUT2D eigenvalue weighted by atomic mass is 19.1. The van der Waals surface area contributed by atoms with Crippen molar-refractivity contribution in [2.75, 3.05) is 0 Å². The van der Waals surface area contributed by atoms with Crippen LogP contribution in [0.3, 0.4) is 0 Å². The van der Waals surface area contributed by atoms with Gasteiger partial charge in [0.25, 0.3) is 0 Å². The van der Waals surface area contributed by atoms with Crippen molar-refractivity contribution in [3.8, 4) is 5.75 Å². The van der Waals surface area contributed by atoms with Crippen LogP contribution in [-0.4, -0.2) is 5.11 Å². The molecule has 18 heavy (non-hydrogen) atoms. The number of benzene rings is 2. The Morgan fingerprint density at radius 2 is 1.78 bits per heavy atom. The molecule has 2 aromatic carbocycles. The van der Waals surface area contributed by atoms with Crippen LogP contribution in [0.15, 0.2) is 42.5 Å². The fraction of sp³-hybridized carbons (Fsp3) is 0.200. The van der Waals surface area contributed by atoms with Gasteiger partial charge in [0.1, 0.15) is 6.61 Å². The van der Waals surface area contributed by atoms with Crippen molar-refractivity contribution >= 4 is 0 Å². The molecule has 0 saturated heterocycles. The summed E-state index contributed by atoms with van der Waals surface area (Å²) < 4.78 is 19.1. The second-order valence-corrected chi connectivity index (χ2v) is 4.10. The molecule has 0 saturated carbocycles. The first-order chi connectivity index (χ1) is 8.72. The standard InChI is InChI=1S/C15H15FO2/c1-11-5-2-3-6-13(11)10-18-15-12(9-17)7-4-8-14(15)16/h2-8,17H,9-10H2,1H3. The van der Waals surface area contributed by atoms with Crippen molar-refractivity contribution in [3.63, 3.8) is 0 Å². The van der Waals surface area contributed by atoms with E-state index >= 15 is 0 Å². The van der Waals surface area contributed by atoms with E-state index in [2.05, 4.69) is 0 Å². The maximum Gasteiger partial charge on any atom is 0.165 e. The van der Waals surface area contributed by atoms with Crippen LogP contribution in [0.4, 0.5) is 4.39 Å². The second-order valence-electron chi connectivity index (χ2n) is 4.10. The van der Waals surface area contributed by atoms with Gasteiger partial charge in [0.05, 0.1) is 6.61 Å². The van der Waals surface area contributed by atoms with Crippen LogP contribution in [0.2, 0.25) is 0 Å². The van der Waals surface area contributed by atoms with Crippen molar-refractivity contribution in [1.82, 2.24) is 0 Å². The van der Waals surface area contributed by atoms with Gasteiger partial charge in [-0.3, -0.25) is 0 Å². The van der Waals surface area contributed by atoms with Crippen molar-refractivity contribution < 1.29 is 14.2 Å². The summed E-state index contributed by atoms with van der Waals surface area (Å²) in [6.45, 7) is 2.04. The molecule has 0 radical (unpaired) electrons. The first-order valence-electron chi connectivity index (χ1n) is 5.78. The molecule has 0 aliphatic heterocycles. The molecule has 0 aliphatic rings. The normalized spacial score (nSPS) is 10.4. The Morgan fingerprint density at radius 1 is 1.06 bits per heavy atom. The van der Waals surface area contributed by atoms with Crippen molar-refractivity contribution in [2.24, 2.45) is 0 Å². The molecule has 0 amide bonds. The Labute approximate surface area is 106 Å². The first-order valence-corrected chi connectivity index (χ1v) is 5.78. The number of hydrogen-bond acceptors (Lipinski definition) is 2. The maximum absolute atomic E-state index is 13.6. The summed E-state index contributed by atoms with van der Waals surface area (Å²) in [4.78, 5) is 0. The molecule has 94 valence electrons. The van der Waals surface area contributed by atoms with Crippen molar-refractivity contribution in [2.45, 2.75) is 20.1 Å². The van der Waals surface area contributed by atoms with Crippen LogP contribution < -0.4 is 4.74 Å². The topological polar surface area (TPSA) is 29.5 Å². The molecule has 1 N–H and O–H groups in total. The van der Waals surface area contributed by atoms with Gasteiger partial charge >= 0.3 is 0 Å². The summed E-state index contributed by atoms with van der Waals surface area (Å²) in [5.41, 5.74) is 2.56. The zero-order valence-electron chi connectivity index (χ0n) is 10.2. The monoisotopic (exact) mass is 246 g/mol. The lowest BCUT2D eigenvalue weighted by molar-refractivity contribution is 0.251. The van der Waals surface area contributed by atoms with E-state index in [1.54, 1.807) is 12.1 Å². The highest BCUT2D eigenvalue weighted by molar-refractivity contribution is 5.35. The molecule has 0 fully saturated rings. The lowest BCUT2D eigenvalue weighted by atomic mass is 10.1. The van der Waals surface area contributed by atoms with E-state index in [9.17, 15) is 4.39 Å². The van der Waals surface area contributed by atoms with E-state index in [-0.39, 0.29) is 12.4 Å². The Balaban J connectivity index is 2.18. The minimum Gasteiger partial charge on any atom is -0.485 e. The van der Waals surface area contributed by atoms with E-state index in [1.165, 1.54) is 6.07 Å². The van der Waals surface area contributed by atoms with Gasteiger partial charge < -0.3 is 9.84 Å². The maximum atomic E-state index is 13.6. The highest BCUT2D eigenvalue weighted by Gasteiger charge is 2.09. The molecule has 2 aromatic rings. The van der Waals surface area contributed by atoms with E-state index in [0.717, 1.165) is 11.1 Å². The predicted molar refractivity (Wildman–Crippen MR) is 67.8 cm³/mol. The Kier molecular flexibility index (Phi) is 3.95. The smallest absolute Gasteiger partial charge is 0.165 e. The van der Waals surface area contributed by atoms with Gasteiger partial charge in [-0.2, -0.15) is 0 Å². The van der Waals surface area contributed by atoms with E-state index < -0.39 is 5.82 Å². The van der Waals surface area contributed by atoms with Crippen LogP contribution in [0.1, 0.15) is 16.7 Å². The Bertz CT molecular complexity index is 538. The second kappa shape index (κ2) is 5.65. The number of aliphatic hydroxyl groups is 1. The third-order valence-corrected chi connectivity index (χ3v) is 2.85. The van der Waals surface area contributed by atoms with Crippen LogP contribution in [0.25, 0.3) is 0 Å². The zero-order chi connectivity index (χ0) is 13.0. The molecule has 0 aromatic heterocycles. The van der Waals surface area contributed by atoms with Crippen LogP contribution in [0, 0.1) is 12.7 Å². The summed E-state index contributed by atoms with van der Waals surface area (Å²) in [5, 5.41) is 9.15. The van der Waals surface area contributed by atoms with Gasteiger partial charge in [-0.1, -0.05) is 36.4 Å². The van der Waals surface area contributed by atoms with Gasteiger partial charge in [-0.25, -0.2) is 4.39 Å². The number of aliphatic hydroxyl groups excluding tert-OH is 1. The lowest BCUT2D eigenvalue weighted by Gasteiger charge is -2.12. The number of ether oxygens (including phenoxy) is 1. The zero-order valence-corrected chi connectivity index (χ0v) is 10.2. The van der Waals surface area contributed by atoms with E-state index in [1.807, 2.05) is 31.2 Å². The molecular formula is C15H15FO2. The molecule has 0 bridgehead atoms. The van der Waals surface area contributed by atoms with Gasteiger partial charge in [-0.05, 0) is 24.1 Å². The molecule has 3 heteroatoms. The minimum atomic E-state index is -0.449. The van der Waals surface area contributed by atoms with Crippen LogP contribution >= 0.6 is 0 Å². The number of rotatable bonds is 4. The van der Waals surface area contributed by atoms with Gasteiger partial charge in [0.15, 0.2) is 11.6 Å². The van der Waals surface area contributed by atoms with E-state index in [4.69, 9.17) is 9.84 Å². The average molecular weight is 246 g/mol. The number of para-hydroxylation sites is 1. The lowest BCUT2D eigenvalue weighted by Crippen LogP contribution is -2.02. The summed E-state index contributed by atoms with van der Waals surface area (Å²) in [6, 6.07) is 12.3. The molecule has 2 rings (SSSR count). The molecular weight excluding hydrogens is 231 g/mol. The number of aryl methyl sites for hydroxylation is 1. The fourth-order valence-corrected chi connectivity index (χ4v) is 1.76. The quantitative estimate of drug-likeness (QED) is 0.897. The molecule has 0 aliphatic carbocycles. The van der Waals surface area contributed by atoms with Crippen LogP contribution in [-0.2, 0) is 13.2 Å². The van der Waals surface area contributed by atoms with Gasteiger partial charge in [0, 0.05) is 5.56 Å². The van der Waals surface area contributed by atoms with Gasteiger partial charge in [0.2, 0.25) is 0 Å². The molecule has 0 heterocycles. The summed E-state index contributed by atoms with van der Waals surface area (Å²) in [6.07, 6.45) is 0. The first kappa shape index (κ1) is 12.6. The largest absolute Gasteiger partial charge is 0.485 e. The Morgan fingerprint density at radius 3 is 2.50 bits per heavy atom. The molecule has 0 spiro atoms. The molecule has 2 nitrogen and oxygen atoms in total. The van der Waals surface area contributed by atoms with Gasteiger partial charge in [-0.15, -0.1) is 0 Å². The third kappa shape index (κ3) is 2.68. The molecule has 0 unspecified atom stereocenters. The average Bonchev–Trinajstić information content (AvgIpc) is 2.39. The Hall–Kier alpha value is -1.87. The molecule has 0 atom stereocenters. The number of halogens is 1. The summed E-state index contributed by atoms with van der Waals surface area (Å²) >= 11 is 0.